The Kier molecular flexibility index (Phi) is 4.49. The molecule has 0 radical (unpaired) electrons. The van der Waals surface area contributed by atoms with Crippen molar-refractivity contribution in [3.63, 3.8) is 0 Å². The number of nitrogens with zero attached hydrogens (tertiary/aromatic N) is 1. The van der Waals surface area contributed by atoms with Crippen LogP contribution >= 0.6 is 0 Å². The molecule has 0 saturated heterocycles. The van der Waals surface area contributed by atoms with Crippen LogP contribution in [0.25, 0.3) is 11.0 Å². The zero-order valence-corrected chi connectivity index (χ0v) is 15.5. The average molecular weight is 370 g/mol. The summed E-state index contributed by atoms with van der Waals surface area (Å²) in [7, 11) is 0. The monoisotopic (exact) mass is 370 g/mol. The van der Waals surface area contributed by atoms with Crippen molar-refractivity contribution in [2.24, 2.45) is 0 Å². The molecule has 0 aliphatic heterocycles. The average Bonchev–Trinajstić information content (AvgIpc) is 3.05. The molecule has 0 atom stereocenters. The van der Waals surface area contributed by atoms with Crippen LogP contribution < -0.4 is 5.32 Å². The summed E-state index contributed by atoms with van der Waals surface area (Å²) in [5, 5.41) is 3.64. The first kappa shape index (κ1) is 17.7. The summed E-state index contributed by atoms with van der Waals surface area (Å²) in [6.07, 6.45) is 3.12. The number of nitrogens with one attached hydrogen (secondary N) is 1. The highest BCUT2D eigenvalue weighted by atomic mass is 16.3. The van der Waals surface area contributed by atoms with Crippen LogP contribution in [0.2, 0.25) is 0 Å². The Morgan fingerprint density at radius 1 is 0.964 bits per heavy atom. The number of benzene rings is 2. The van der Waals surface area contributed by atoms with Crippen LogP contribution in [0.3, 0.4) is 0 Å². The first-order valence-electron chi connectivity index (χ1n) is 8.89. The van der Waals surface area contributed by atoms with Gasteiger partial charge in [0.25, 0.3) is 5.91 Å². The van der Waals surface area contributed by atoms with Crippen LogP contribution in [-0.4, -0.2) is 16.7 Å². The van der Waals surface area contributed by atoms with Gasteiger partial charge in [-0.25, -0.2) is 0 Å². The molecule has 0 bridgehead atoms. The minimum absolute atomic E-state index is 0.158. The van der Waals surface area contributed by atoms with Crippen LogP contribution in [0, 0.1) is 13.8 Å². The standard InChI is InChI=1S/C23H18N2O3/c1-14-5-7-16(8-6-14)21(26)22-15(2)19-12-18(9-10-20(19)28-22)25-23(27)17-4-3-11-24-13-17/h3-13H,1-2H3,(H,25,27). The first-order valence-corrected chi connectivity index (χ1v) is 8.89. The summed E-state index contributed by atoms with van der Waals surface area (Å²) < 4.78 is 5.82. The fourth-order valence-electron chi connectivity index (χ4n) is 3.05. The number of hydrogen-bond donors (Lipinski definition) is 1. The van der Waals surface area contributed by atoms with E-state index in [0.717, 1.165) is 16.5 Å². The SMILES string of the molecule is Cc1ccc(C(=O)c2oc3ccc(NC(=O)c4cccnc4)cc3c2C)cc1. The summed E-state index contributed by atoms with van der Waals surface area (Å²) in [6, 6.07) is 16.1. The van der Waals surface area contributed by atoms with E-state index < -0.39 is 0 Å². The molecule has 0 saturated carbocycles. The molecule has 1 N–H and O–H groups in total. The van der Waals surface area contributed by atoms with E-state index in [-0.39, 0.29) is 11.7 Å². The largest absolute Gasteiger partial charge is 0.452 e. The molecule has 1 amide bonds. The van der Waals surface area contributed by atoms with E-state index in [0.29, 0.717) is 28.2 Å². The van der Waals surface area contributed by atoms with E-state index in [9.17, 15) is 9.59 Å². The zero-order valence-electron chi connectivity index (χ0n) is 15.5. The molecule has 5 heteroatoms. The van der Waals surface area contributed by atoms with Gasteiger partial charge in [-0.3, -0.25) is 14.6 Å². The van der Waals surface area contributed by atoms with E-state index in [1.807, 2.05) is 32.0 Å². The van der Waals surface area contributed by atoms with Gasteiger partial charge in [-0.1, -0.05) is 29.8 Å². The number of pyridine rings is 1. The maximum atomic E-state index is 12.8. The number of amides is 1. The van der Waals surface area contributed by atoms with Crippen molar-refractivity contribution >= 4 is 28.3 Å². The van der Waals surface area contributed by atoms with Gasteiger partial charge < -0.3 is 9.73 Å². The second-order valence-corrected chi connectivity index (χ2v) is 6.66. The Hall–Kier alpha value is -3.73. The van der Waals surface area contributed by atoms with Gasteiger partial charge >= 0.3 is 0 Å². The Labute approximate surface area is 162 Å². The van der Waals surface area contributed by atoms with E-state index in [2.05, 4.69) is 10.3 Å². The molecule has 138 valence electrons. The number of carbonyl (C=O) groups is 2. The maximum Gasteiger partial charge on any atom is 0.257 e. The Morgan fingerprint density at radius 2 is 1.75 bits per heavy atom. The first-order chi connectivity index (χ1) is 13.5. The number of fused-ring (bicyclic) bond motifs is 1. The van der Waals surface area contributed by atoms with Crippen molar-refractivity contribution in [1.82, 2.24) is 4.98 Å². The quantitative estimate of drug-likeness (QED) is 0.517. The Balaban J connectivity index is 1.65. The molecular formula is C23H18N2O3. The topological polar surface area (TPSA) is 72.2 Å². The van der Waals surface area contributed by atoms with Crippen LogP contribution in [0.4, 0.5) is 5.69 Å². The van der Waals surface area contributed by atoms with Crippen LogP contribution in [0.5, 0.6) is 0 Å². The van der Waals surface area contributed by atoms with E-state index in [4.69, 9.17) is 4.42 Å². The van der Waals surface area contributed by atoms with Crippen molar-refractivity contribution in [1.29, 1.82) is 0 Å². The van der Waals surface area contributed by atoms with Gasteiger partial charge in [0.1, 0.15) is 5.58 Å². The Morgan fingerprint density at radius 3 is 2.46 bits per heavy atom. The van der Waals surface area contributed by atoms with Crippen molar-refractivity contribution < 1.29 is 14.0 Å². The summed E-state index contributed by atoms with van der Waals surface area (Å²) >= 11 is 0. The molecule has 0 fully saturated rings. The normalized spacial score (nSPS) is 10.8. The molecule has 2 aromatic carbocycles. The second-order valence-electron chi connectivity index (χ2n) is 6.66. The van der Waals surface area contributed by atoms with Crippen LogP contribution in [0.15, 0.2) is 71.4 Å². The van der Waals surface area contributed by atoms with Gasteiger partial charge in [0.15, 0.2) is 5.76 Å². The number of aryl methyl sites for hydroxylation is 2. The van der Waals surface area contributed by atoms with Gasteiger partial charge in [0.2, 0.25) is 5.78 Å². The highest BCUT2D eigenvalue weighted by Gasteiger charge is 2.19. The van der Waals surface area contributed by atoms with Crippen LogP contribution in [0.1, 0.15) is 37.6 Å². The fraction of sp³-hybridized carbons (Fsp3) is 0.0870. The molecule has 4 rings (SSSR count). The van der Waals surface area contributed by atoms with Crippen molar-refractivity contribution in [3.8, 4) is 0 Å². The fourth-order valence-corrected chi connectivity index (χ4v) is 3.05. The van der Waals surface area contributed by atoms with E-state index in [1.165, 1.54) is 6.20 Å². The molecular weight excluding hydrogens is 352 g/mol. The van der Waals surface area contributed by atoms with E-state index >= 15 is 0 Å². The van der Waals surface area contributed by atoms with Gasteiger partial charge in [0, 0.05) is 34.6 Å². The number of hydrogen-bond acceptors (Lipinski definition) is 4. The third-order valence-electron chi connectivity index (χ3n) is 4.64. The van der Waals surface area contributed by atoms with Crippen LogP contribution in [-0.2, 0) is 0 Å². The molecule has 28 heavy (non-hydrogen) atoms. The summed E-state index contributed by atoms with van der Waals surface area (Å²) in [4.78, 5) is 29.1. The molecule has 0 aliphatic carbocycles. The number of carbonyl (C=O) groups excluding carboxylic acids is 2. The molecule has 2 aromatic heterocycles. The van der Waals surface area contributed by atoms with Gasteiger partial charge in [0.05, 0.1) is 5.56 Å². The zero-order chi connectivity index (χ0) is 19.7. The predicted octanol–water partition coefficient (Wildman–Crippen LogP) is 4.93. The summed E-state index contributed by atoms with van der Waals surface area (Å²) in [5.41, 5.74) is 4.12. The lowest BCUT2D eigenvalue weighted by Gasteiger charge is -2.05. The van der Waals surface area contributed by atoms with Gasteiger partial charge in [-0.2, -0.15) is 0 Å². The smallest absolute Gasteiger partial charge is 0.257 e. The number of anilines is 1. The molecule has 5 nitrogen and oxygen atoms in total. The second kappa shape index (κ2) is 7.12. The summed E-state index contributed by atoms with van der Waals surface area (Å²) in [5.74, 6) is -0.0891. The number of rotatable bonds is 4. The predicted molar refractivity (Wildman–Crippen MR) is 108 cm³/mol. The minimum Gasteiger partial charge on any atom is -0.452 e. The lowest BCUT2D eigenvalue weighted by molar-refractivity contribution is 0.101. The van der Waals surface area contributed by atoms with Crippen molar-refractivity contribution in [3.05, 3.63) is 95.0 Å². The number of furan rings is 1. The summed E-state index contributed by atoms with van der Waals surface area (Å²) in [6.45, 7) is 3.82. The molecule has 0 aliphatic rings. The highest BCUT2D eigenvalue weighted by molar-refractivity contribution is 6.11. The van der Waals surface area contributed by atoms with Crippen molar-refractivity contribution in [2.45, 2.75) is 13.8 Å². The third kappa shape index (κ3) is 3.30. The Bertz CT molecular complexity index is 1180. The molecule has 2 heterocycles. The molecule has 0 unspecified atom stereocenters. The third-order valence-corrected chi connectivity index (χ3v) is 4.64. The lowest BCUT2D eigenvalue weighted by Crippen LogP contribution is -2.11. The highest BCUT2D eigenvalue weighted by Crippen LogP contribution is 2.29. The van der Waals surface area contributed by atoms with Gasteiger partial charge in [-0.05, 0) is 44.2 Å². The van der Waals surface area contributed by atoms with E-state index in [1.54, 1.807) is 42.6 Å². The number of aromatic nitrogens is 1. The molecule has 0 spiro atoms. The number of ketones is 1. The van der Waals surface area contributed by atoms with Crippen molar-refractivity contribution in [2.75, 3.05) is 5.32 Å². The molecule has 4 aromatic rings. The maximum absolute atomic E-state index is 12.8. The minimum atomic E-state index is -0.246. The lowest BCUT2D eigenvalue weighted by atomic mass is 10.0. The van der Waals surface area contributed by atoms with Gasteiger partial charge in [-0.15, -0.1) is 0 Å².